The quantitative estimate of drug-likeness (QED) is 0.544. The molecule has 1 heterocycles. The molecule has 0 aromatic heterocycles. The summed E-state index contributed by atoms with van der Waals surface area (Å²) in [6.45, 7) is 4.55. The molecule has 136 valence electrons. The van der Waals surface area contributed by atoms with E-state index in [1.807, 2.05) is 0 Å². The largest absolute Gasteiger partial charge is 0.296 e. The lowest BCUT2D eigenvalue weighted by atomic mass is 9.94. The van der Waals surface area contributed by atoms with Gasteiger partial charge in [-0.1, -0.05) is 72.3 Å². The zero-order valence-corrected chi connectivity index (χ0v) is 16.1. The molecule has 0 amide bonds. The predicted molar refractivity (Wildman–Crippen MR) is 113 cm³/mol. The lowest BCUT2D eigenvalue weighted by Gasteiger charge is -2.33. The Kier molecular flexibility index (Phi) is 4.33. The maximum Gasteiger partial charge on any atom is 0.0357 e. The van der Waals surface area contributed by atoms with E-state index in [1.54, 1.807) is 11.1 Å². The highest BCUT2D eigenvalue weighted by Crippen LogP contribution is 2.49. The Labute approximate surface area is 162 Å². The second-order valence-electron chi connectivity index (χ2n) is 8.22. The molecule has 0 N–H and O–H groups in total. The summed E-state index contributed by atoms with van der Waals surface area (Å²) in [4.78, 5) is 2.73. The average Bonchev–Trinajstić information content (AvgIpc) is 3.01. The van der Waals surface area contributed by atoms with E-state index in [0.29, 0.717) is 6.04 Å². The van der Waals surface area contributed by atoms with Crippen LogP contribution in [0.2, 0.25) is 0 Å². The Morgan fingerprint density at radius 3 is 2.44 bits per heavy atom. The fraction of sp³-hybridized carbons (Fsp3) is 0.308. The molecule has 3 aromatic carbocycles. The van der Waals surface area contributed by atoms with Crippen molar-refractivity contribution in [1.29, 1.82) is 0 Å². The summed E-state index contributed by atoms with van der Waals surface area (Å²) >= 11 is 0. The highest BCUT2D eigenvalue weighted by Gasteiger charge is 2.38. The van der Waals surface area contributed by atoms with Gasteiger partial charge in [-0.15, -0.1) is 0 Å². The van der Waals surface area contributed by atoms with Crippen molar-refractivity contribution < 1.29 is 0 Å². The van der Waals surface area contributed by atoms with E-state index in [4.69, 9.17) is 0 Å². The summed E-state index contributed by atoms with van der Waals surface area (Å²) in [7, 11) is 0. The van der Waals surface area contributed by atoms with E-state index in [0.717, 1.165) is 18.9 Å². The lowest BCUT2D eigenvalue weighted by molar-refractivity contribution is 0.155. The van der Waals surface area contributed by atoms with Gasteiger partial charge in [-0.05, 0) is 72.5 Å². The fourth-order valence-electron chi connectivity index (χ4n) is 4.97. The van der Waals surface area contributed by atoms with Crippen molar-refractivity contribution in [2.75, 3.05) is 13.1 Å². The first-order valence-corrected chi connectivity index (χ1v) is 10.3. The van der Waals surface area contributed by atoms with E-state index in [1.165, 1.54) is 41.6 Å². The van der Waals surface area contributed by atoms with Gasteiger partial charge in [0.1, 0.15) is 0 Å². The minimum atomic E-state index is 0.605. The Hall–Kier alpha value is -2.38. The van der Waals surface area contributed by atoms with Crippen LogP contribution in [0.1, 0.15) is 47.1 Å². The number of hydrogen-bond acceptors (Lipinski definition) is 1. The third-order valence-electron chi connectivity index (χ3n) is 6.51. The number of aryl methyl sites for hydroxylation is 1. The normalized spacial score (nSPS) is 21.2. The molecule has 0 saturated carbocycles. The van der Waals surface area contributed by atoms with Crippen molar-refractivity contribution in [3.05, 3.63) is 95.1 Å². The first-order valence-electron chi connectivity index (χ1n) is 10.3. The number of benzene rings is 3. The van der Waals surface area contributed by atoms with Crippen molar-refractivity contribution in [3.8, 4) is 11.1 Å². The smallest absolute Gasteiger partial charge is 0.0357 e. The van der Waals surface area contributed by atoms with Crippen LogP contribution in [0.15, 0.2) is 72.8 Å². The van der Waals surface area contributed by atoms with Crippen molar-refractivity contribution in [2.45, 2.75) is 38.1 Å². The summed E-state index contributed by atoms with van der Waals surface area (Å²) in [6.07, 6.45) is 3.76. The Balaban J connectivity index is 1.40. The molecule has 2 aliphatic rings. The van der Waals surface area contributed by atoms with Gasteiger partial charge in [-0.25, -0.2) is 0 Å². The van der Waals surface area contributed by atoms with Crippen molar-refractivity contribution in [3.63, 3.8) is 0 Å². The molecular formula is C26H27N. The van der Waals surface area contributed by atoms with Gasteiger partial charge in [0.05, 0.1) is 0 Å². The van der Waals surface area contributed by atoms with Gasteiger partial charge >= 0.3 is 0 Å². The second kappa shape index (κ2) is 6.98. The third kappa shape index (κ3) is 3.21. The number of fused-ring (bicyclic) bond motifs is 5. The van der Waals surface area contributed by atoms with Crippen LogP contribution in [0, 0.1) is 6.92 Å². The molecule has 1 heteroatoms. The van der Waals surface area contributed by atoms with Crippen LogP contribution in [0.5, 0.6) is 0 Å². The number of hydrogen-bond donors (Lipinski definition) is 0. The van der Waals surface area contributed by atoms with Crippen LogP contribution in [-0.4, -0.2) is 18.0 Å². The first-order chi connectivity index (χ1) is 13.3. The number of likely N-dealkylation sites (tertiary alicyclic amines) is 1. The lowest BCUT2D eigenvalue weighted by Crippen LogP contribution is -2.33. The van der Waals surface area contributed by atoms with Crippen LogP contribution >= 0.6 is 0 Å². The zero-order chi connectivity index (χ0) is 18.2. The van der Waals surface area contributed by atoms with E-state index in [-0.39, 0.29) is 0 Å². The van der Waals surface area contributed by atoms with Crippen LogP contribution in [0.25, 0.3) is 11.1 Å². The van der Waals surface area contributed by atoms with Gasteiger partial charge in [0, 0.05) is 12.6 Å². The summed E-state index contributed by atoms with van der Waals surface area (Å²) in [5.74, 6) is 0.769. The summed E-state index contributed by atoms with van der Waals surface area (Å²) < 4.78 is 0. The molecule has 2 bridgehead atoms. The molecule has 0 spiro atoms. The molecule has 1 aliphatic carbocycles. The van der Waals surface area contributed by atoms with Gasteiger partial charge in [0.15, 0.2) is 0 Å². The van der Waals surface area contributed by atoms with Crippen molar-refractivity contribution in [1.82, 2.24) is 4.90 Å². The molecule has 0 radical (unpaired) electrons. The van der Waals surface area contributed by atoms with E-state index in [9.17, 15) is 0 Å². The van der Waals surface area contributed by atoms with E-state index < -0.39 is 0 Å². The van der Waals surface area contributed by atoms with Gasteiger partial charge in [-0.3, -0.25) is 4.90 Å². The highest BCUT2D eigenvalue weighted by atomic mass is 15.2. The highest BCUT2D eigenvalue weighted by molar-refractivity contribution is 5.66. The van der Waals surface area contributed by atoms with Crippen molar-refractivity contribution in [2.24, 2.45) is 0 Å². The van der Waals surface area contributed by atoms with Crippen molar-refractivity contribution >= 4 is 0 Å². The average molecular weight is 354 g/mol. The Morgan fingerprint density at radius 1 is 0.852 bits per heavy atom. The molecule has 2 atom stereocenters. The topological polar surface area (TPSA) is 3.24 Å². The molecule has 1 fully saturated rings. The van der Waals surface area contributed by atoms with Crippen LogP contribution < -0.4 is 0 Å². The minimum Gasteiger partial charge on any atom is -0.296 e. The van der Waals surface area contributed by atoms with Gasteiger partial charge in [0.2, 0.25) is 0 Å². The monoisotopic (exact) mass is 353 g/mol. The molecule has 0 unspecified atom stereocenters. The molecule has 27 heavy (non-hydrogen) atoms. The molecule has 1 aliphatic heterocycles. The predicted octanol–water partition coefficient (Wildman–Crippen LogP) is 6.14. The summed E-state index contributed by atoms with van der Waals surface area (Å²) in [5, 5.41) is 0. The zero-order valence-electron chi connectivity index (χ0n) is 16.1. The Bertz CT molecular complexity index is 926. The van der Waals surface area contributed by atoms with Gasteiger partial charge < -0.3 is 0 Å². The van der Waals surface area contributed by atoms with Crippen LogP contribution in [0.4, 0.5) is 0 Å². The summed E-state index contributed by atoms with van der Waals surface area (Å²) in [5.41, 5.74) is 8.67. The maximum atomic E-state index is 2.73. The molecular weight excluding hydrogens is 326 g/mol. The summed E-state index contributed by atoms with van der Waals surface area (Å²) in [6, 6.07) is 27.7. The SMILES string of the molecule is Cc1ccc(-c2ccc3c(c2)[C@H]2C[C@H]3CCN2CCc2ccccc2)cc1. The molecule has 1 saturated heterocycles. The molecule has 3 aromatic rings. The number of piperidine rings is 1. The van der Waals surface area contributed by atoms with Gasteiger partial charge in [0.25, 0.3) is 0 Å². The number of nitrogens with zero attached hydrogens (tertiary/aromatic N) is 1. The first kappa shape index (κ1) is 16.8. The van der Waals surface area contributed by atoms with E-state index in [2.05, 4.69) is 84.6 Å². The number of rotatable bonds is 4. The fourth-order valence-corrected chi connectivity index (χ4v) is 4.97. The third-order valence-corrected chi connectivity index (χ3v) is 6.51. The molecule has 1 nitrogen and oxygen atoms in total. The van der Waals surface area contributed by atoms with Crippen LogP contribution in [-0.2, 0) is 6.42 Å². The second-order valence-corrected chi connectivity index (χ2v) is 8.22. The minimum absolute atomic E-state index is 0.605. The van der Waals surface area contributed by atoms with Crippen LogP contribution in [0.3, 0.4) is 0 Å². The Morgan fingerprint density at radius 2 is 1.63 bits per heavy atom. The molecule has 5 rings (SSSR count). The standard InChI is InChI=1S/C26H27N/c1-19-7-9-21(10-8-19)22-11-12-24-23-14-16-27(26(18-23)25(24)17-22)15-13-20-5-3-2-4-6-20/h2-12,17,23,26H,13-16,18H2,1H3/t23-,26-/m1/s1. The van der Waals surface area contributed by atoms with Gasteiger partial charge in [-0.2, -0.15) is 0 Å². The maximum absolute atomic E-state index is 2.73. The van der Waals surface area contributed by atoms with E-state index >= 15 is 0 Å².